The number of benzene rings is 1. The Morgan fingerprint density at radius 2 is 1.97 bits per heavy atom. The van der Waals surface area contributed by atoms with Crippen LogP contribution in [0.1, 0.15) is 86.2 Å². The van der Waals surface area contributed by atoms with Gasteiger partial charge in [0.05, 0.1) is 17.7 Å². The fourth-order valence-corrected chi connectivity index (χ4v) is 4.85. The number of aromatic nitrogens is 2. The summed E-state index contributed by atoms with van der Waals surface area (Å²) in [4.78, 5) is 31.1. The summed E-state index contributed by atoms with van der Waals surface area (Å²) in [6.07, 6.45) is 13.5. The summed E-state index contributed by atoms with van der Waals surface area (Å²) in [5.74, 6) is 0.941. The Kier molecular flexibility index (Phi) is 6.37. The Labute approximate surface area is 199 Å². The number of nitrogens with zero attached hydrogens (tertiary/aromatic N) is 1. The van der Waals surface area contributed by atoms with Crippen molar-refractivity contribution in [3.05, 3.63) is 53.1 Å². The number of terminal acetylenes is 1. The van der Waals surface area contributed by atoms with Crippen LogP contribution in [0.2, 0.25) is 0 Å². The van der Waals surface area contributed by atoms with Crippen LogP contribution < -0.4 is 5.32 Å². The van der Waals surface area contributed by atoms with Crippen LogP contribution in [0, 0.1) is 23.7 Å². The van der Waals surface area contributed by atoms with Crippen LogP contribution in [0.3, 0.4) is 0 Å². The Morgan fingerprint density at radius 1 is 1.24 bits per heavy atom. The fraction of sp³-hybridized carbons (Fsp3) is 0.444. The number of anilines is 1. The van der Waals surface area contributed by atoms with Crippen molar-refractivity contribution in [3.63, 3.8) is 0 Å². The maximum absolute atomic E-state index is 12.8. The van der Waals surface area contributed by atoms with E-state index in [0.717, 1.165) is 36.0 Å². The van der Waals surface area contributed by atoms with Crippen molar-refractivity contribution in [1.82, 2.24) is 9.97 Å². The number of carboxylic acid groups (broad SMARTS) is 1. The topological polar surface area (TPSA) is 115 Å². The monoisotopic (exact) mass is 461 g/mol. The molecule has 0 aliphatic heterocycles. The summed E-state index contributed by atoms with van der Waals surface area (Å²) in [6, 6.07) is 5.59. The van der Waals surface area contributed by atoms with Gasteiger partial charge in [0.25, 0.3) is 5.91 Å². The van der Waals surface area contributed by atoms with Gasteiger partial charge in [-0.05, 0) is 73.6 Å². The number of hydrogen-bond acceptors (Lipinski definition) is 4. The molecular weight excluding hydrogens is 430 g/mol. The third-order valence-corrected chi connectivity index (χ3v) is 7.23. The number of hydrogen-bond donors (Lipinski definition) is 4. The zero-order valence-corrected chi connectivity index (χ0v) is 19.6. The van der Waals surface area contributed by atoms with Gasteiger partial charge in [0.2, 0.25) is 0 Å². The highest BCUT2D eigenvalue weighted by Crippen LogP contribution is 2.44. The molecule has 1 heterocycles. The van der Waals surface area contributed by atoms with E-state index in [1.54, 1.807) is 0 Å². The summed E-state index contributed by atoms with van der Waals surface area (Å²) >= 11 is 0. The van der Waals surface area contributed by atoms with E-state index in [9.17, 15) is 19.8 Å². The van der Waals surface area contributed by atoms with Crippen molar-refractivity contribution in [2.45, 2.75) is 64.4 Å². The predicted molar refractivity (Wildman–Crippen MR) is 130 cm³/mol. The Bertz CT molecular complexity index is 1180. The number of nitrogens with one attached hydrogen (secondary N) is 2. The second-order valence-electron chi connectivity index (χ2n) is 10.2. The lowest BCUT2D eigenvalue weighted by atomic mass is 9.73. The van der Waals surface area contributed by atoms with E-state index in [4.69, 9.17) is 6.42 Å². The van der Waals surface area contributed by atoms with Crippen LogP contribution in [0.4, 0.5) is 5.69 Å². The first-order chi connectivity index (χ1) is 16.1. The summed E-state index contributed by atoms with van der Waals surface area (Å²) < 4.78 is 0. The SMILES string of the molecule is C#Cc1cnc(C(=O)Nc2ccc(C3(O)CCC(C(=O)O)CC3)cc2C2=CCC(C)(C)CC2)[nH]1. The molecule has 0 saturated heterocycles. The molecule has 0 spiro atoms. The quantitative estimate of drug-likeness (QED) is 0.482. The van der Waals surface area contributed by atoms with Crippen LogP contribution in [0.5, 0.6) is 0 Å². The molecule has 7 nitrogen and oxygen atoms in total. The number of carboxylic acids is 1. The number of rotatable bonds is 5. The molecule has 0 atom stereocenters. The molecule has 34 heavy (non-hydrogen) atoms. The van der Waals surface area contributed by atoms with Crippen LogP contribution in [-0.2, 0) is 10.4 Å². The van der Waals surface area contributed by atoms with Gasteiger partial charge in [-0.25, -0.2) is 4.98 Å². The van der Waals surface area contributed by atoms with Gasteiger partial charge in [0.15, 0.2) is 5.82 Å². The molecule has 2 aromatic rings. The number of aliphatic hydroxyl groups is 1. The molecule has 1 aromatic carbocycles. The number of allylic oxidation sites excluding steroid dienone is 2. The van der Waals surface area contributed by atoms with Gasteiger partial charge in [0.1, 0.15) is 5.69 Å². The number of H-pyrrole nitrogens is 1. The standard InChI is InChI=1S/C27H31N3O4/c1-4-20-16-28-23(29-20)24(31)30-22-6-5-19(27(34)13-9-18(10-14-27)25(32)33)15-21(22)17-7-11-26(2,3)12-8-17/h1,5-7,15-16,18,34H,8-14H2,2-3H3,(H,28,29)(H,30,31)(H,32,33). The molecule has 0 unspecified atom stereocenters. The minimum absolute atomic E-state index is 0.132. The number of carbonyl (C=O) groups is 2. The highest BCUT2D eigenvalue weighted by Gasteiger charge is 2.37. The minimum atomic E-state index is -1.08. The molecule has 1 aromatic heterocycles. The molecule has 1 amide bonds. The molecule has 2 aliphatic rings. The summed E-state index contributed by atoms with van der Waals surface area (Å²) in [5.41, 5.74) is 2.96. The van der Waals surface area contributed by atoms with Gasteiger partial charge >= 0.3 is 5.97 Å². The van der Waals surface area contributed by atoms with E-state index in [1.165, 1.54) is 6.20 Å². The molecule has 1 fully saturated rings. The van der Waals surface area contributed by atoms with Gasteiger partial charge in [0, 0.05) is 11.3 Å². The lowest BCUT2D eigenvalue weighted by molar-refractivity contribution is -0.145. The summed E-state index contributed by atoms with van der Waals surface area (Å²) in [5, 5.41) is 23.7. The van der Waals surface area contributed by atoms with Crippen LogP contribution in [-0.4, -0.2) is 32.1 Å². The number of carbonyl (C=O) groups excluding carboxylic acids is 1. The first kappa shape index (κ1) is 23.8. The zero-order chi connectivity index (χ0) is 24.5. The van der Waals surface area contributed by atoms with E-state index < -0.39 is 23.4 Å². The Hall–Kier alpha value is -3.37. The van der Waals surface area contributed by atoms with E-state index in [2.05, 4.69) is 41.1 Å². The maximum atomic E-state index is 12.8. The average molecular weight is 462 g/mol. The number of imidazole rings is 1. The average Bonchev–Trinajstić information content (AvgIpc) is 3.29. The molecule has 0 radical (unpaired) electrons. The molecule has 178 valence electrons. The van der Waals surface area contributed by atoms with E-state index in [0.29, 0.717) is 37.1 Å². The van der Waals surface area contributed by atoms with Crippen LogP contribution >= 0.6 is 0 Å². The van der Waals surface area contributed by atoms with Crippen molar-refractivity contribution in [2.75, 3.05) is 5.32 Å². The molecule has 4 N–H and O–H groups in total. The van der Waals surface area contributed by atoms with Gasteiger partial charge < -0.3 is 20.5 Å². The van der Waals surface area contributed by atoms with Gasteiger partial charge in [-0.2, -0.15) is 0 Å². The first-order valence-electron chi connectivity index (χ1n) is 11.7. The predicted octanol–water partition coefficient (Wildman–Crippen LogP) is 4.70. The van der Waals surface area contributed by atoms with Crippen molar-refractivity contribution in [2.24, 2.45) is 11.3 Å². The number of aliphatic carboxylic acids is 1. The smallest absolute Gasteiger partial charge is 0.306 e. The molecule has 7 heteroatoms. The normalized spacial score (nSPS) is 24.1. The van der Waals surface area contributed by atoms with Gasteiger partial charge in [-0.15, -0.1) is 6.42 Å². The highest BCUT2D eigenvalue weighted by molar-refractivity contribution is 6.03. The largest absolute Gasteiger partial charge is 0.481 e. The van der Waals surface area contributed by atoms with Crippen molar-refractivity contribution in [1.29, 1.82) is 0 Å². The molecule has 4 rings (SSSR count). The highest BCUT2D eigenvalue weighted by atomic mass is 16.4. The molecule has 2 aliphatic carbocycles. The molecule has 0 bridgehead atoms. The van der Waals surface area contributed by atoms with E-state index in [-0.39, 0.29) is 11.2 Å². The third kappa shape index (κ3) is 4.92. The number of amides is 1. The van der Waals surface area contributed by atoms with Crippen molar-refractivity contribution >= 4 is 23.1 Å². The number of aromatic amines is 1. The summed E-state index contributed by atoms with van der Waals surface area (Å²) in [7, 11) is 0. The maximum Gasteiger partial charge on any atom is 0.306 e. The first-order valence-corrected chi connectivity index (χ1v) is 11.7. The van der Waals surface area contributed by atoms with E-state index in [1.807, 2.05) is 18.2 Å². The summed E-state index contributed by atoms with van der Waals surface area (Å²) in [6.45, 7) is 4.48. The van der Waals surface area contributed by atoms with Crippen molar-refractivity contribution < 1.29 is 19.8 Å². The second-order valence-corrected chi connectivity index (χ2v) is 10.2. The Morgan fingerprint density at radius 3 is 2.56 bits per heavy atom. The fourth-order valence-electron chi connectivity index (χ4n) is 4.85. The zero-order valence-electron chi connectivity index (χ0n) is 19.6. The van der Waals surface area contributed by atoms with Crippen LogP contribution in [0.25, 0.3) is 5.57 Å². The Balaban J connectivity index is 1.66. The van der Waals surface area contributed by atoms with E-state index >= 15 is 0 Å². The lowest BCUT2D eigenvalue weighted by Crippen LogP contribution is -2.34. The van der Waals surface area contributed by atoms with Gasteiger partial charge in [-0.1, -0.05) is 31.9 Å². The third-order valence-electron chi connectivity index (χ3n) is 7.23. The minimum Gasteiger partial charge on any atom is -0.481 e. The molecule has 1 saturated carbocycles. The molecular formula is C27H31N3O4. The van der Waals surface area contributed by atoms with Crippen molar-refractivity contribution in [3.8, 4) is 12.3 Å². The van der Waals surface area contributed by atoms with Crippen LogP contribution in [0.15, 0.2) is 30.5 Å². The second kappa shape index (κ2) is 9.11. The van der Waals surface area contributed by atoms with Gasteiger partial charge in [-0.3, -0.25) is 9.59 Å². The lowest BCUT2D eigenvalue weighted by Gasteiger charge is -2.36.